The van der Waals surface area contributed by atoms with Crippen molar-refractivity contribution >= 4 is 78.1 Å². The molecule has 0 fully saturated rings. The van der Waals surface area contributed by atoms with E-state index >= 15 is 0 Å². The van der Waals surface area contributed by atoms with Gasteiger partial charge in [0.25, 0.3) is 0 Å². The average molecular weight is 925 g/mol. The van der Waals surface area contributed by atoms with Gasteiger partial charge in [-0.3, -0.25) is 0 Å². The summed E-state index contributed by atoms with van der Waals surface area (Å²) in [6, 6.07) is 87.3. The van der Waals surface area contributed by atoms with Crippen LogP contribution < -0.4 is 9.80 Å². The lowest BCUT2D eigenvalue weighted by atomic mass is 9.81. The first-order valence-corrected chi connectivity index (χ1v) is 25.2. The molecule has 2 heteroatoms. The van der Waals surface area contributed by atoms with E-state index < -0.39 is 0 Å². The number of anilines is 6. The number of allylic oxidation sites excluding steroid dienone is 3. The largest absolute Gasteiger partial charge is 0.310 e. The fourth-order valence-corrected chi connectivity index (χ4v) is 11.3. The lowest BCUT2D eigenvalue weighted by molar-refractivity contribution is 0.660. The van der Waals surface area contributed by atoms with Gasteiger partial charge in [-0.25, -0.2) is 0 Å². The zero-order chi connectivity index (χ0) is 48.9. The van der Waals surface area contributed by atoms with E-state index in [9.17, 15) is 0 Å². The number of benzene rings is 11. The molecule has 0 N–H and O–H groups in total. The number of nitrogens with zero attached hydrogens (tertiary/aromatic N) is 2. The normalized spacial score (nSPS) is 14.1. The first-order valence-electron chi connectivity index (χ1n) is 25.2. The Hall–Kier alpha value is -8.72. The van der Waals surface area contributed by atoms with Crippen molar-refractivity contribution in [2.24, 2.45) is 0 Å². The van der Waals surface area contributed by atoms with E-state index in [1.165, 1.54) is 93.5 Å². The lowest BCUT2D eigenvalue weighted by Gasteiger charge is -2.28. The summed E-state index contributed by atoms with van der Waals surface area (Å²) >= 11 is 0. The molecule has 0 aliphatic heterocycles. The van der Waals surface area contributed by atoms with Crippen LogP contribution >= 0.6 is 0 Å². The minimum Gasteiger partial charge on any atom is -0.310 e. The van der Waals surface area contributed by atoms with E-state index in [1.54, 1.807) is 0 Å². The van der Waals surface area contributed by atoms with Crippen molar-refractivity contribution in [3.05, 3.63) is 276 Å². The molecule has 0 atom stereocenters. The first-order chi connectivity index (χ1) is 35.2. The Labute approximate surface area is 424 Å². The Morgan fingerprint density at radius 3 is 1.39 bits per heavy atom. The Morgan fingerprint density at radius 2 is 0.833 bits per heavy atom. The van der Waals surface area contributed by atoms with Crippen molar-refractivity contribution in [3.63, 3.8) is 0 Å². The second-order valence-electron chi connectivity index (χ2n) is 19.9. The van der Waals surface area contributed by atoms with Gasteiger partial charge in [-0.2, -0.15) is 0 Å². The maximum absolute atomic E-state index is 2.49. The van der Waals surface area contributed by atoms with E-state index in [2.05, 4.69) is 293 Å². The zero-order valence-electron chi connectivity index (χ0n) is 41.6. The smallest absolute Gasteiger partial charge is 0.0468 e. The zero-order valence-corrected chi connectivity index (χ0v) is 41.6. The molecule has 0 heterocycles. The van der Waals surface area contributed by atoms with Crippen molar-refractivity contribution in [3.8, 4) is 22.3 Å². The molecule has 12 rings (SSSR count). The molecule has 2 nitrogen and oxygen atoms in total. The standard InChI is InChI=1S/C70H56N2/c1-6-67-65(63-40-38-61(46-68(63)70(67,4)5)72(57-33-27-48(3)28-34-57)59-36-30-50-18-14-16-24-54(50)42-59)44-55-43-64(51-19-9-7-10-20-51)62-39-37-60(45-66(62)69(55)52-21-11-8-12-22-52)71(56-31-25-47(2)26-32-56)58-35-29-49-17-13-15-23-53(49)41-58/h6-46H,1-5H3/b65-44-,67-6+. The van der Waals surface area contributed by atoms with Gasteiger partial charge in [-0.1, -0.05) is 189 Å². The molecule has 0 saturated carbocycles. The topological polar surface area (TPSA) is 6.48 Å². The monoisotopic (exact) mass is 924 g/mol. The predicted octanol–water partition coefficient (Wildman–Crippen LogP) is 19.8. The SMILES string of the molecule is C/C=C1\C(=C/c2cc(-c3ccccc3)c3ccc(N(c4ccc(C)cc4)c4ccc5ccccc5c4)cc3c2-c2ccccc2)c2ccc(N(c3ccc(C)cc3)c3ccc4ccccc4c3)cc2C1(C)C. The summed E-state index contributed by atoms with van der Waals surface area (Å²) in [4.78, 5) is 4.83. The highest BCUT2D eigenvalue weighted by Gasteiger charge is 2.38. The molecule has 0 radical (unpaired) electrons. The molecule has 1 aliphatic carbocycles. The van der Waals surface area contributed by atoms with Crippen LogP contribution in [0.4, 0.5) is 34.1 Å². The minimum atomic E-state index is -0.276. The Kier molecular flexibility index (Phi) is 11.3. The Balaban J connectivity index is 1.09. The van der Waals surface area contributed by atoms with Gasteiger partial charge in [0.1, 0.15) is 0 Å². The summed E-state index contributed by atoms with van der Waals surface area (Å²) in [6.07, 6.45) is 4.83. The number of aryl methyl sites for hydroxylation is 2. The lowest BCUT2D eigenvalue weighted by Crippen LogP contribution is -2.16. The van der Waals surface area contributed by atoms with Crippen LogP contribution in [0.15, 0.2) is 248 Å². The van der Waals surface area contributed by atoms with Crippen molar-refractivity contribution in [1.29, 1.82) is 0 Å². The van der Waals surface area contributed by atoms with Gasteiger partial charge in [-0.15, -0.1) is 0 Å². The number of fused-ring (bicyclic) bond motifs is 4. The summed E-state index contributed by atoms with van der Waals surface area (Å²) in [5.41, 5.74) is 20.0. The van der Waals surface area contributed by atoms with E-state index in [4.69, 9.17) is 0 Å². The van der Waals surface area contributed by atoms with Crippen LogP contribution in [-0.2, 0) is 5.41 Å². The number of hydrogen-bond donors (Lipinski definition) is 0. The van der Waals surface area contributed by atoms with Gasteiger partial charge in [0, 0.05) is 39.5 Å². The van der Waals surface area contributed by atoms with E-state index in [0.29, 0.717) is 0 Å². The van der Waals surface area contributed by atoms with Crippen LogP contribution in [-0.4, -0.2) is 0 Å². The maximum Gasteiger partial charge on any atom is 0.0468 e. The third kappa shape index (κ3) is 7.96. The number of hydrogen-bond acceptors (Lipinski definition) is 2. The van der Waals surface area contributed by atoms with Crippen molar-refractivity contribution in [2.75, 3.05) is 9.80 Å². The van der Waals surface area contributed by atoms with Crippen LogP contribution in [0.5, 0.6) is 0 Å². The van der Waals surface area contributed by atoms with Crippen molar-refractivity contribution in [1.82, 2.24) is 0 Å². The molecule has 72 heavy (non-hydrogen) atoms. The highest BCUT2D eigenvalue weighted by molar-refractivity contribution is 6.12. The maximum atomic E-state index is 2.49. The highest BCUT2D eigenvalue weighted by atomic mass is 15.1. The van der Waals surface area contributed by atoms with Gasteiger partial charge < -0.3 is 9.80 Å². The summed E-state index contributed by atoms with van der Waals surface area (Å²) < 4.78 is 0. The molecule has 346 valence electrons. The van der Waals surface area contributed by atoms with Crippen LogP contribution in [0, 0.1) is 13.8 Å². The summed E-state index contributed by atoms with van der Waals surface area (Å²) in [7, 11) is 0. The van der Waals surface area contributed by atoms with Crippen LogP contribution in [0.2, 0.25) is 0 Å². The molecular weight excluding hydrogens is 869 g/mol. The second-order valence-corrected chi connectivity index (χ2v) is 19.9. The molecule has 1 aliphatic rings. The van der Waals surface area contributed by atoms with Crippen LogP contribution in [0.3, 0.4) is 0 Å². The summed E-state index contributed by atoms with van der Waals surface area (Å²) in [5, 5.41) is 7.29. The van der Waals surface area contributed by atoms with E-state index in [1.807, 2.05) is 0 Å². The minimum absolute atomic E-state index is 0.276. The van der Waals surface area contributed by atoms with E-state index in [0.717, 1.165) is 34.1 Å². The predicted molar refractivity (Wildman–Crippen MR) is 310 cm³/mol. The average Bonchev–Trinajstić information content (AvgIpc) is 3.63. The molecule has 11 aromatic rings. The number of rotatable bonds is 9. The molecule has 11 aromatic carbocycles. The second kappa shape index (κ2) is 18.2. The third-order valence-electron chi connectivity index (χ3n) is 14.9. The Morgan fingerprint density at radius 1 is 0.375 bits per heavy atom. The van der Waals surface area contributed by atoms with Gasteiger partial charge in [0.05, 0.1) is 0 Å². The molecule has 0 saturated heterocycles. The molecule has 0 aromatic heterocycles. The van der Waals surface area contributed by atoms with Crippen molar-refractivity contribution < 1.29 is 0 Å². The van der Waals surface area contributed by atoms with Gasteiger partial charge >= 0.3 is 0 Å². The van der Waals surface area contributed by atoms with Crippen molar-refractivity contribution in [2.45, 2.75) is 40.0 Å². The molecule has 0 spiro atoms. The van der Waals surface area contributed by atoms with Crippen LogP contribution in [0.25, 0.3) is 66.2 Å². The van der Waals surface area contributed by atoms with Crippen LogP contribution in [0.1, 0.15) is 48.6 Å². The molecule has 0 bridgehead atoms. The van der Waals surface area contributed by atoms with Gasteiger partial charge in [0.2, 0.25) is 0 Å². The molecule has 0 unspecified atom stereocenters. The molecular formula is C70H56N2. The third-order valence-corrected chi connectivity index (χ3v) is 14.9. The fourth-order valence-electron chi connectivity index (χ4n) is 11.3. The summed E-state index contributed by atoms with van der Waals surface area (Å²) in [5.74, 6) is 0. The fraction of sp³-hybridized carbons (Fsp3) is 0.0857. The first kappa shape index (κ1) is 44.5. The summed E-state index contributed by atoms with van der Waals surface area (Å²) in [6.45, 7) is 11.3. The quantitative estimate of drug-likeness (QED) is 0.142. The Bertz CT molecular complexity index is 3900. The van der Waals surface area contributed by atoms with E-state index in [-0.39, 0.29) is 5.41 Å². The molecule has 0 amide bonds. The van der Waals surface area contributed by atoms with Gasteiger partial charge in [-0.05, 0) is 188 Å². The highest BCUT2D eigenvalue weighted by Crippen LogP contribution is 2.53. The van der Waals surface area contributed by atoms with Gasteiger partial charge in [0.15, 0.2) is 0 Å².